The topological polar surface area (TPSA) is 25.8 Å². The Labute approximate surface area is 337 Å². The highest BCUT2D eigenvalue weighted by molar-refractivity contribution is 6.16. The van der Waals surface area contributed by atoms with Crippen molar-refractivity contribution in [3.05, 3.63) is 218 Å². The van der Waals surface area contributed by atoms with Crippen molar-refractivity contribution in [2.24, 2.45) is 0 Å². The number of rotatable bonds is 6. The van der Waals surface area contributed by atoms with Gasteiger partial charge in [0.15, 0.2) is 0 Å². The van der Waals surface area contributed by atoms with E-state index in [1.54, 1.807) is 0 Å². The molecule has 11 rings (SSSR count). The number of hydrogen-bond acceptors (Lipinski definition) is 2. The Balaban J connectivity index is 1.12. The average molecular weight is 737 g/mol. The molecule has 270 valence electrons. The van der Waals surface area contributed by atoms with Crippen LogP contribution < -0.4 is 0 Å². The summed E-state index contributed by atoms with van der Waals surface area (Å²) in [6.07, 6.45) is 0. The normalized spacial score (nSPS) is 11.4. The third-order valence-corrected chi connectivity index (χ3v) is 11.4. The number of aromatic nitrogens is 2. The summed E-state index contributed by atoms with van der Waals surface area (Å²) >= 11 is 0. The predicted molar refractivity (Wildman–Crippen MR) is 245 cm³/mol. The molecule has 0 saturated heterocycles. The molecule has 0 atom stereocenters. The first-order chi connectivity index (χ1) is 28.7. The highest BCUT2D eigenvalue weighted by atomic mass is 14.7. The number of nitrogens with zero attached hydrogens (tertiary/aromatic N) is 2. The van der Waals surface area contributed by atoms with Crippen LogP contribution in [0.3, 0.4) is 0 Å². The van der Waals surface area contributed by atoms with Gasteiger partial charge in [-0.2, -0.15) is 0 Å². The van der Waals surface area contributed by atoms with Crippen LogP contribution in [-0.2, 0) is 0 Å². The summed E-state index contributed by atoms with van der Waals surface area (Å²) in [6, 6.07) is 78.3. The van der Waals surface area contributed by atoms with Gasteiger partial charge in [0.2, 0.25) is 0 Å². The van der Waals surface area contributed by atoms with Crippen LogP contribution in [0.2, 0.25) is 0 Å². The lowest BCUT2D eigenvalue weighted by Gasteiger charge is -2.16. The van der Waals surface area contributed by atoms with E-state index in [9.17, 15) is 0 Å². The monoisotopic (exact) mass is 736 g/mol. The van der Waals surface area contributed by atoms with Crippen molar-refractivity contribution in [3.63, 3.8) is 0 Å². The van der Waals surface area contributed by atoms with Gasteiger partial charge in [-0.3, -0.25) is 0 Å². The first-order valence-electron chi connectivity index (χ1n) is 19.8. The van der Waals surface area contributed by atoms with Crippen LogP contribution in [0.1, 0.15) is 0 Å². The fourth-order valence-corrected chi connectivity index (χ4v) is 8.44. The van der Waals surface area contributed by atoms with E-state index in [2.05, 4.69) is 212 Å². The Kier molecular flexibility index (Phi) is 8.19. The molecular weight excluding hydrogens is 701 g/mol. The predicted octanol–water partition coefficient (Wildman–Crippen LogP) is 15.1. The van der Waals surface area contributed by atoms with Crippen LogP contribution in [0.15, 0.2) is 218 Å². The largest absolute Gasteiger partial charge is 0.248 e. The molecule has 2 nitrogen and oxygen atoms in total. The Hall–Kier alpha value is -7.68. The number of hydrogen-bond donors (Lipinski definition) is 0. The van der Waals surface area contributed by atoms with Gasteiger partial charge < -0.3 is 0 Å². The van der Waals surface area contributed by atoms with Gasteiger partial charge in [-0.25, -0.2) is 9.97 Å². The van der Waals surface area contributed by atoms with E-state index < -0.39 is 0 Å². The maximum absolute atomic E-state index is 5.48. The molecule has 0 saturated carbocycles. The van der Waals surface area contributed by atoms with E-state index in [1.165, 1.54) is 43.6 Å². The molecule has 0 aliphatic rings. The van der Waals surface area contributed by atoms with Crippen LogP contribution in [-0.4, -0.2) is 9.97 Å². The molecule has 0 amide bonds. The van der Waals surface area contributed by atoms with Crippen molar-refractivity contribution >= 4 is 43.2 Å². The van der Waals surface area contributed by atoms with E-state index in [0.29, 0.717) is 0 Å². The van der Waals surface area contributed by atoms with Gasteiger partial charge in [0.1, 0.15) is 0 Å². The van der Waals surface area contributed by atoms with Crippen molar-refractivity contribution in [1.29, 1.82) is 0 Å². The molecule has 9 aromatic carbocycles. The van der Waals surface area contributed by atoms with Crippen LogP contribution in [0.4, 0.5) is 0 Å². The smallest absolute Gasteiger partial charge is 0.0794 e. The zero-order valence-electron chi connectivity index (χ0n) is 31.7. The third-order valence-electron chi connectivity index (χ3n) is 11.4. The summed E-state index contributed by atoms with van der Waals surface area (Å²) in [7, 11) is 0. The molecule has 0 spiro atoms. The molecule has 0 fully saturated rings. The second-order valence-electron chi connectivity index (χ2n) is 15.0. The summed E-state index contributed by atoms with van der Waals surface area (Å²) in [4.78, 5) is 10.7. The van der Waals surface area contributed by atoms with Crippen LogP contribution in [0.25, 0.3) is 110 Å². The van der Waals surface area contributed by atoms with Crippen molar-refractivity contribution < 1.29 is 0 Å². The van der Waals surface area contributed by atoms with Gasteiger partial charge in [0, 0.05) is 27.5 Å². The lowest BCUT2D eigenvalue weighted by Crippen LogP contribution is -1.94. The second-order valence-corrected chi connectivity index (χ2v) is 15.0. The fourth-order valence-electron chi connectivity index (χ4n) is 8.44. The lowest BCUT2D eigenvalue weighted by atomic mass is 9.90. The third kappa shape index (κ3) is 6.09. The molecule has 2 heterocycles. The van der Waals surface area contributed by atoms with Crippen molar-refractivity contribution in [2.75, 3.05) is 0 Å². The maximum atomic E-state index is 5.48. The number of benzene rings is 9. The summed E-state index contributed by atoms with van der Waals surface area (Å²) in [6.45, 7) is 0. The Morgan fingerprint density at radius 1 is 0.224 bits per heavy atom. The molecule has 0 unspecified atom stereocenters. The van der Waals surface area contributed by atoms with Crippen LogP contribution >= 0.6 is 0 Å². The molecule has 2 aromatic heterocycles. The standard InChI is InChI=1S/C56H36N2/c1-3-13-37(14-4-1)47-33-53(41-17-5-2-6-18-41)57-54(34-47)42-27-25-40(26-28-42)51-36-55(46-30-24-39-16-8-10-20-44(39)32-46)58-56-49-22-12-11-21-48(49)50(35-52(51)56)45-29-23-38-15-7-9-19-43(38)31-45/h1-36H. The highest BCUT2D eigenvalue weighted by Gasteiger charge is 2.17. The van der Waals surface area contributed by atoms with Gasteiger partial charge in [0.25, 0.3) is 0 Å². The Bertz CT molecular complexity index is 3260. The minimum Gasteiger partial charge on any atom is -0.248 e. The Morgan fingerprint density at radius 2 is 0.690 bits per heavy atom. The Morgan fingerprint density at radius 3 is 1.36 bits per heavy atom. The highest BCUT2D eigenvalue weighted by Crippen LogP contribution is 2.42. The molecule has 0 aliphatic heterocycles. The molecule has 0 radical (unpaired) electrons. The zero-order chi connectivity index (χ0) is 38.4. The first kappa shape index (κ1) is 33.6. The van der Waals surface area contributed by atoms with Crippen molar-refractivity contribution in [3.8, 4) is 67.2 Å². The fraction of sp³-hybridized carbons (Fsp3) is 0. The van der Waals surface area contributed by atoms with E-state index >= 15 is 0 Å². The minimum absolute atomic E-state index is 0.938. The van der Waals surface area contributed by atoms with Gasteiger partial charge in [0.05, 0.1) is 22.6 Å². The molecular formula is C56H36N2. The maximum Gasteiger partial charge on any atom is 0.0794 e. The SMILES string of the molecule is c1ccc(-c2cc(-c3ccccc3)nc(-c3ccc(-c4cc(-c5ccc6ccccc6c5)nc5c4cc(-c4ccc6ccccc6c4)c4ccccc45)cc3)c2)cc1. The summed E-state index contributed by atoms with van der Waals surface area (Å²) in [5, 5.41) is 8.32. The van der Waals surface area contributed by atoms with E-state index in [4.69, 9.17) is 9.97 Å². The van der Waals surface area contributed by atoms with Crippen molar-refractivity contribution in [1.82, 2.24) is 9.97 Å². The summed E-state index contributed by atoms with van der Waals surface area (Å²) in [5.41, 5.74) is 14.0. The van der Waals surface area contributed by atoms with Crippen molar-refractivity contribution in [2.45, 2.75) is 0 Å². The van der Waals surface area contributed by atoms with E-state index in [-0.39, 0.29) is 0 Å². The number of fused-ring (bicyclic) bond motifs is 5. The van der Waals surface area contributed by atoms with Gasteiger partial charge >= 0.3 is 0 Å². The molecule has 11 aromatic rings. The van der Waals surface area contributed by atoms with Gasteiger partial charge in [-0.1, -0.05) is 182 Å². The van der Waals surface area contributed by atoms with E-state index in [0.717, 1.165) is 66.8 Å². The molecule has 0 N–H and O–H groups in total. The van der Waals surface area contributed by atoms with Gasteiger partial charge in [-0.05, 0) is 96.7 Å². The number of pyridine rings is 2. The summed E-state index contributed by atoms with van der Waals surface area (Å²) < 4.78 is 0. The van der Waals surface area contributed by atoms with Crippen LogP contribution in [0, 0.1) is 0 Å². The average Bonchev–Trinajstić information content (AvgIpc) is 3.31. The van der Waals surface area contributed by atoms with Crippen LogP contribution in [0.5, 0.6) is 0 Å². The first-order valence-corrected chi connectivity index (χ1v) is 19.8. The molecule has 0 aliphatic carbocycles. The lowest BCUT2D eigenvalue weighted by molar-refractivity contribution is 1.32. The molecule has 2 heteroatoms. The summed E-state index contributed by atoms with van der Waals surface area (Å²) in [5.74, 6) is 0. The quantitative estimate of drug-likeness (QED) is 0.159. The zero-order valence-corrected chi connectivity index (χ0v) is 31.7. The molecule has 58 heavy (non-hydrogen) atoms. The minimum atomic E-state index is 0.938. The second kappa shape index (κ2) is 14.1. The van der Waals surface area contributed by atoms with E-state index in [1.807, 2.05) is 6.07 Å². The van der Waals surface area contributed by atoms with Gasteiger partial charge in [-0.15, -0.1) is 0 Å². The molecule has 0 bridgehead atoms.